The van der Waals surface area contributed by atoms with Crippen molar-refractivity contribution in [1.29, 1.82) is 0 Å². The van der Waals surface area contributed by atoms with E-state index in [2.05, 4.69) is 22.7 Å². The minimum atomic E-state index is 0.289. The van der Waals surface area contributed by atoms with Crippen LogP contribution in [0.1, 0.15) is 24.4 Å². The fourth-order valence-corrected chi connectivity index (χ4v) is 4.22. The largest absolute Gasteiger partial charge is 0.454 e. The van der Waals surface area contributed by atoms with Crippen molar-refractivity contribution >= 4 is 5.71 Å². The van der Waals surface area contributed by atoms with Gasteiger partial charge in [0.15, 0.2) is 17.5 Å². The first-order chi connectivity index (χ1) is 9.90. The van der Waals surface area contributed by atoms with Gasteiger partial charge in [-0.05, 0) is 17.7 Å². The third kappa shape index (κ3) is 1.38. The molecule has 3 fully saturated rings. The van der Waals surface area contributed by atoms with Gasteiger partial charge in [0.25, 0.3) is 0 Å². The average molecular weight is 272 g/mol. The number of hydrazone groups is 1. The number of piperidine rings is 3. The third-order valence-corrected chi connectivity index (χ3v) is 5.23. The molecule has 2 bridgehead atoms. The molecule has 5 nitrogen and oxygen atoms in total. The van der Waals surface area contributed by atoms with Gasteiger partial charge in [-0.3, -0.25) is 5.43 Å². The minimum absolute atomic E-state index is 0.289. The number of nitrogens with zero attached hydrogens (tertiary/aromatic N) is 1. The van der Waals surface area contributed by atoms with Crippen molar-refractivity contribution in [3.05, 3.63) is 23.8 Å². The molecule has 20 heavy (non-hydrogen) atoms. The molecule has 5 aliphatic rings. The zero-order valence-corrected chi connectivity index (χ0v) is 11.3. The second kappa shape index (κ2) is 3.88. The number of ether oxygens (including phenoxy) is 2. The number of hydrogen-bond acceptors (Lipinski definition) is 4. The summed E-state index contributed by atoms with van der Waals surface area (Å²) in [6, 6.07) is 7.08. The Balaban J connectivity index is 1.51. The standard InChI is InChI=1S/C15H17N3O2/c1-2-11-12(20-8-19-11)7-10(1)14-15-13(16-17-14)9-3-5-18(15)6-4-9/h1-2,7,9,14-15,17H,3-6,8H2/p+1/t14-,15+/m1/s1. The summed E-state index contributed by atoms with van der Waals surface area (Å²) in [4.78, 5) is 1.69. The lowest BCUT2D eigenvalue weighted by Crippen LogP contribution is -3.20. The van der Waals surface area contributed by atoms with E-state index in [9.17, 15) is 0 Å². The van der Waals surface area contributed by atoms with Gasteiger partial charge in [-0.25, -0.2) is 0 Å². The summed E-state index contributed by atoms with van der Waals surface area (Å²) in [6.45, 7) is 2.91. The highest BCUT2D eigenvalue weighted by Crippen LogP contribution is 2.37. The molecular formula is C15H18N3O2+. The van der Waals surface area contributed by atoms with Crippen molar-refractivity contribution in [2.45, 2.75) is 24.9 Å². The molecule has 5 heteroatoms. The minimum Gasteiger partial charge on any atom is -0.454 e. The number of benzene rings is 1. The van der Waals surface area contributed by atoms with Crippen molar-refractivity contribution < 1.29 is 14.4 Å². The zero-order valence-electron chi connectivity index (χ0n) is 11.3. The number of rotatable bonds is 1. The lowest BCUT2D eigenvalue weighted by Gasteiger charge is -2.42. The van der Waals surface area contributed by atoms with E-state index in [0.29, 0.717) is 18.8 Å². The summed E-state index contributed by atoms with van der Waals surface area (Å²) in [6.07, 6.45) is 2.61. The maximum Gasteiger partial charge on any atom is 0.231 e. The molecule has 0 radical (unpaired) electrons. The van der Waals surface area contributed by atoms with Crippen LogP contribution >= 0.6 is 0 Å². The molecule has 1 aromatic carbocycles. The monoisotopic (exact) mass is 272 g/mol. The second-order valence-electron chi connectivity index (χ2n) is 6.17. The predicted octanol–water partition coefficient (Wildman–Crippen LogP) is 0.0927. The second-order valence-corrected chi connectivity index (χ2v) is 6.17. The Morgan fingerprint density at radius 3 is 2.90 bits per heavy atom. The van der Waals surface area contributed by atoms with E-state index in [0.717, 1.165) is 11.5 Å². The van der Waals surface area contributed by atoms with Gasteiger partial charge in [-0.1, -0.05) is 6.07 Å². The van der Waals surface area contributed by atoms with Gasteiger partial charge >= 0.3 is 0 Å². The molecular weight excluding hydrogens is 254 g/mol. The van der Waals surface area contributed by atoms with Gasteiger partial charge in [0, 0.05) is 18.8 Å². The number of hydrogen-bond donors (Lipinski definition) is 2. The van der Waals surface area contributed by atoms with Gasteiger partial charge in [-0.15, -0.1) is 0 Å². The van der Waals surface area contributed by atoms with Crippen molar-refractivity contribution in [2.75, 3.05) is 19.9 Å². The Kier molecular flexibility index (Phi) is 2.13. The predicted molar refractivity (Wildman–Crippen MR) is 73.1 cm³/mol. The SMILES string of the molecule is c1cc2c(cc1[C@H]1NN=C3C4CC[NH+](CC4)[C@@H]31)OCO2. The molecule has 2 atom stereocenters. The molecule has 1 aromatic rings. The fourth-order valence-electron chi connectivity index (χ4n) is 4.22. The Hall–Kier alpha value is -1.75. The van der Waals surface area contributed by atoms with Crippen LogP contribution in [0.4, 0.5) is 0 Å². The van der Waals surface area contributed by atoms with Gasteiger partial charge < -0.3 is 14.4 Å². The average Bonchev–Trinajstić information content (AvgIpc) is 3.15. The molecule has 104 valence electrons. The summed E-state index contributed by atoms with van der Waals surface area (Å²) in [5.41, 5.74) is 6.04. The Bertz CT molecular complexity index is 593. The van der Waals surface area contributed by atoms with Crippen molar-refractivity contribution in [1.82, 2.24) is 5.43 Å². The molecule has 3 saturated heterocycles. The summed E-state index contributed by atoms with van der Waals surface area (Å²) in [5.74, 6) is 2.43. The van der Waals surface area contributed by atoms with Crippen molar-refractivity contribution in [3.8, 4) is 11.5 Å². The van der Waals surface area contributed by atoms with Crippen LogP contribution in [0.2, 0.25) is 0 Å². The number of fused-ring (bicyclic) bond motifs is 3. The molecule has 0 aliphatic carbocycles. The first kappa shape index (κ1) is 11.0. The Morgan fingerprint density at radius 2 is 2.00 bits per heavy atom. The van der Waals surface area contributed by atoms with Crippen LogP contribution in [0.25, 0.3) is 0 Å². The first-order valence-electron chi connectivity index (χ1n) is 7.47. The van der Waals surface area contributed by atoms with Crippen LogP contribution in [-0.2, 0) is 0 Å². The van der Waals surface area contributed by atoms with E-state index in [1.807, 2.05) is 6.07 Å². The Morgan fingerprint density at radius 1 is 1.15 bits per heavy atom. The highest BCUT2D eigenvalue weighted by Gasteiger charge is 2.50. The van der Waals surface area contributed by atoms with E-state index >= 15 is 0 Å². The molecule has 6 rings (SSSR count). The third-order valence-electron chi connectivity index (χ3n) is 5.23. The van der Waals surface area contributed by atoms with Gasteiger partial charge in [0.1, 0.15) is 11.8 Å². The lowest BCUT2D eigenvalue weighted by atomic mass is 9.78. The quantitative estimate of drug-likeness (QED) is 0.762. The molecule has 0 amide bonds. The molecule has 5 heterocycles. The summed E-state index contributed by atoms with van der Waals surface area (Å²) in [7, 11) is 0. The van der Waals surface area contributed by atoms with Gasteiger partial charge in [0.05, 0.1) is 13.1 Å². The highest BCUT2D eigenvalue weighted by molar-refractivity contribution is 5.93. The van der Waals surface area contributed by atoms with Crippen LogP contribution in [-0.4, -0.2) is 31.6 Å². The highest BCUT2D eigenvalue weighted by atomic mass is 16.7. The van der Waals surface area contributed by atoms with Crippen LogP contribution in [0.15, 0.2) is 23.3 Å². The molecule has 5 aliphatic heterocycles. The summed E-state index contributed by atoms with van der Waals surface area (Å²) < 4.78 is 10.9. The summed E-state index contributed by atoms with van der Waals surface area (Å²) in [5, 5.41) is 4.67. The van der Waals surface area contributed by atoms with Crippen LogP contribution in [0.5, 0.6) is 11.5 Å². The van der Waals surface area contributed by atoms with Crippen LogP contribution in [0, 0.1) is 5.92 Å². The number of quaternary nitrogens is 1. The fraction of sp³-hybridized carbons (Fsp3) is 0.533. The van der Waals surface area contributed by atoms with Crippen LogP contribution in [0.3, 0.4) is 0 Å². The maximum absolute atomic E-state index is 5.50. The van der Waals surface area contributed by atoms with Crippen LogP contribution < -0.4 is 19.8 Å². The molecule has 0 spiro atoms. The zero-order chi connectivity index (χ0) is 13.1. The molecule has 2 N–H and O–H groups in total. The van der Waals surface area contributed by atoms with Crippen molar-refractivity contribution in [2.24, 2.45) is 11.0 Å². The van der Waals surface area contributed by atoms with E-state index in [-0.39, 0.29) is 6.04 Å². The lowest BCUT2D eigenvalue weighted by molar-refractivity contribution is -0.927. The Labute approximate surface area is 117 Å². The number of nitrogens with one attached hydrogen (secondary N) is 2. The van der Waals surface area contributed by atoms with E-state index in [1.165, 1.54) is 37.2 Å². The topological polar surface area (TPSA) is 47.3 Å². The summed E-state index contributed by atoms with van der Waals surface area (Å²) >= 11 is 0. The molecule has 0 unspecified atom stereocenters. The van der Waals surface area contributed by atoms with E-state index < -0.39 is 0 Å². The molecule has 0 saturated carbocycles. The maximum atomic E-state index is 5.50. The molecule has 0 aromatic heterocycles. The van der Waals surface area contributed by atoms with E-state index in [4.69, 9.17) is 9.47 Å². The van der Waals surface area contributed by atoms with Gasteiger partial charge in [-0.2, -0.15) is 5.10 Å². The normalized spacial score (nSPS) is 36.5. The van der Waals surface area contributed by atoms with E-state index in [1.54, 1.807) is 4.90 Å². The first-order valence-corrected chi connectivity index (χ1v) is 7.47. The smallest absolute Gasteiger partial charge is 0.231 e. The van der Waals surface area contributed by atoms with Crippen molar-refractivity contribution in [3.63, 3.8) is 0 Å². The van der Waals surface area contributed by atoms with Gasteiger partial charge in [0.2, 0.25) is 6.79 Å².